The monoisotopic (exact) mass is 353 g/mol. The quantitative estimate of drug-likeness (QED) is 0.623. The van der Waals surface area contributed by atoms with Crippen LogP contribution in [0.2, 0.25) is 0 Å². The predicted molar refractivity (Wildman–Crippen MR) is 104 cm³/mol. The number of benzene rings is 2. The topological polar surface area (TPSA) is 22.1 Å². The number of fused-ring (bicyclic) bond motifs is 1. The Morgan fingerprint density at radius 3 is 2.46 bits per heavy atom. The Kier molecular flexibility index (Phi) is 4.79. The van der Waals surface area contributed by atoms with Gasteiger partial charge in [0, 0.05) is 10.9 Å². The van der Waals surface area contributed by atoms with Gasteiger partial charge in [-0.25, -0.2) is 0 Å². The molecule has 1 aliphatic heterocycles. The van der Waals surface area contributed by atoms with Crippen LogP contribution in [0.15, 0.2) is 66.7 Å². The minimum atomic E-state index is -0.313. The largest absolute Gasteiger partial charge is 0.344 e. The summed E-state index contributed by atoms with van der Waals surface area (Å²) in [4.78, 5) is 4.74. The number of hydrogen-bond acceptors (Lipinski definition) is 4. The van der Waals surface area contributed by atoms with Crippen LogP contribution >= 0.6 is 23.5 Å². The Hall–Kier alpha value is -1.49. The maximum atomic E-state index is 6.46. The molecule has 1 aliphatic rings. The zero-order valence-corrected chi connectivity index (χ0v) is 15.0. The van der Waals surface area contributed by atoms with Crippen molar-refractivity contribution in [3.05, 3.63) is 78.0 Å². The standard InChI is InChI=1S/C20H19NOS2/c1-2-8-17(9-3-1)20(23-13-6-14-24-20)22-15-18-12-11-16-7-4-5-10-19(16)21-18/h1-5,7-12H,6,13-15H2. The minimum Gasteiger partial charge on any atom is -0.344 e. The van der Waals surface area contributed by atoms with E-state index >= 15 is 0 Å². The van der Waals surface area contributed by atoms with Crippen LogP contribution in [0.4, 0.5) is 0 Å². The van der Waals surface area contributed by atoms with Gasteiger partial charge in [-0.2, -0.15) is 0 Å². The average Bonchev–Trinajstić information content (AvgIpc) is 2.68. The average molecular weight is 354 g/mol. The highest BCUT2D eigenvalue weighted by atomic mass is 32.2. The number of pyridine rings is 1. The van der Waals surface area contributed by atoms with E-state index in [1.165, 1.54) is 17.4 Å². The summed E-state index contributed by atoms with van der Waals surface area (Å²) in [6.45, 7) is 0.528. The molecule has 0 N–H and O–H groups in total. The predicted octanol–water partition coefficient (Wildman–Crippen LogP) is 5.43. The van der Waals surface area contributed by atoms with Gasteiger partial charge in [-0.05, 0) is 30.1 Å². The molecule has 1 fully saturated rings. The van der Waals surface area contributed by atoms with Gasteiger partial charge >= 0.3 is 0 Å². The van der Waals surface area contributed by atoms with Crippen LogP contribution in [0.1, 0.15) is 17.7 Å². The fourth-order valence-electron chi connectivity index (χ4n) is 2.85. The number of nitrogens with zero attached hydrogens (tertiary/aromatic N) is 1. The van der Waals surface area contributed by atoms with E-state index in [1.54, 1.807) is 0 Å². The van der Waals surface area contributed by atoms with Gasteiger partial charge in [0.15, 0.2) is 4.27 Å². The molecule has 1 aromatic heterocycles. The van der Waals surface area contributed by atoms with E-state index in [2.05, 4.69) is 54.6 Å². The van der Waals surface area contributed by atoms with Gasteiger partial charge in [-0.1, -0.05) is 54.6 Å². The van der Waals surface area contributed by atoms with Crippen LogP contribution in [0.5, 0.6) is 0 Å². The summed E-state index contributed by atoms with van der Waals surface area (Å²) < 4.78 is 6.14. The van der Waals surface area contributed by atoms with Gasteiger partial charge in [-0.15, -0.1) is 23.5 Å². The normalized spacial score (nSPS) is 17.0. The Balaban J connectivity index is 1.58. The molecule has 2 heterocycles. The second-order valence-electron chi connectivity index (χ2n) is 5.76. The molecule has 0 atom stereocenters. The maximum absolute atomic E-state index is 6.46. The molecule has 2 aromatic carbocycles. The van der Waals surface area contributed by atoms with Gasteiger partial charge in [0.1, 0.15) is 0 Å². The van der Waals surface area contributed by atoms with Crippen LogP contribution < -0.4 is 0 Å². The van der Waals surface area contributed by atoms with E-state index in [4.69, 9.17) is 9.72 Å². The molecule has 0 spiro atoms. The zero-order valence-electron chi connectivity index (χ0n) is 13.4. The Morgan fingerprint density at radius 1 is 0.875 bits per heavy atom. The molecule has 1 saturated heterocycles. The number of rotatable bonds is 4. The van der Waals surface area contributed by atoms with Crippen molar-refractivity contribution in [2.75, 3.05) is 11.5 Å². The molecule has 4 rings (SSSR count). The van der Waals surface area contributed by atoms with Crippen LogP contribution in [-0.2, 0) is 15.6 Å². The molecule has 24 heavy (non-hydrogen) atoms. The Labute approximate surface area is 151 Å². The first-order valence-electron chi connectivity index (χ1n) is 8.18. The van der Waals surface area contributed by atoms with Gasteiger partial charge < -0.3 is 4.74 Å². The molecule has 0 aliphatic carbocycles. The second kappa shape index (κ2) is 7.18. The van der Waals surface area contributed by atoms with Crippen molar-refractivity contribution >= 4 is 34.4 Å². The molecular formula is C20H19NOS2. The van der Waals surface area contributed by atoms with E-state index in [-0.39, 0.29) is 4.27 Å². The molecule has 0 unspecified atom stereocenters. The highest BCUT2D eigenvalue weighted by molar-refractivity contribution is 8.17. The third-order valence-corrected chi connectivity index (χ3v) is 7.23. The smallest absolute Gasteiger partial charge is 0.186 e. The van der Waals surface area contributed by atoms with Crippen molar-refractivity contribution in [3.63, 3.8) is 0 Å². The van der Waals surface area contributed by atoms with Crippen molar-refractivity contribution in [3.8, 4) is 0 Å². The highest BCUT2D eigenvalue weighted by Gasteiger charge is 2.36. The fraction of sp³-hybridized carbons (Fsp3) is 0.250. The molecular weight excluding hydrogens is 334 g/mol. The number of para-hydroxylation sites is 1. The van der Waals surface area contributed by atoms with E-state index < -0.39 is 0 Å². The van der Waals surface area contributed by atoms with Crippen molar-refractivity contribution in [2.24, 2.45) is 0 Å². The maximum Gasteiger partial charge on any atom is 0.186 e. The first kappa shape index (κ1) is 16.0. The van der Waals surface area contributed by atoms with E-state index in [0.717, 1.165) is 22.7 Å². The molecule has 0 radical (unpaired) electrons. The van der Waals surface area contributed by atoms with Crippen molar-refractivity contribution in [2.45, 2.75) is 17.3 Å². The number of ether oxygens (including phenoxy) is 1. The fourth-order valence-corrected chi connectivity index (χ4v) is 5.87. The highest BCUT2D eigenvalue weighted by Crippen LogP contribution is 2.51. The zero-order chi connectivity index (χ0) is 16.2. The van der Waals surface area contributed by atoms with Crippen LogP contribution in [0.3, 0.4) is 0 Å². The van der Waals surface area contributed by atoms with Gasteiger partial charge in [-0.3, -0.25) is 4.98 Å². The Bertz CT molecular complexity index is 816. The first-order valence-corrected chi connectivity index (χ1v) is 10.1. The van der Waals surface area contributed by atoms with E-state index in [0.29, 0.717) is 6.61 Å². The summed E-state index contributed by atoms with van der Waals surface area (Å²) in [6, 6.07) is 23.0. The molecule has 0 amide bonds. The van der Waals surface area contributed by atoms with Crippen LogP contribution in [0, 0.1) is 0 Å². The lowest BCUT2D eigenvalue weighted by atomic mass is 10.2. The van der Waals surface area contributed by atoms with Crippen LogP contribution in [0.25, 0.3) is 10.9 Å². The van der Waals surface area contributed by atoms with E-state index in [1.807, 2.05) is 35.7 Å². The van der Waals surface area contributed by atoms with Gasteiger partial charge in [0.05, 0.1) is 17.8 Å². The van der Waals surface area contributed by atoms with Crippen molar-refractivity contribution < 1.29 is 4.74 Å². The third-order valence-electron chi connectivity index (χ3n) is 4.07. The summed E-state index contributed by atoms with van der Waals surface area (Å²) in [5, 5.41) is 1.17. The summed E-state index contributed by atoms with van der Waals surface area (Å²) in [6.07, 6.45) is 1.24. The minimum absolute atomic E-state index is 0.313. The number of thioether (sulfide) groups is 2. The summed E-state index contributed by atoms with van der Waals surface area (Å²) in [5.41, 5.74) is 3.24. The Morgan fingerprint density at radius 2 is 1.62 bits per heavy atom. The molecule has 0 bridgehead atoms. The number of hydrogen-bond donors (Lipinski definition) is 0. The molecule has 2 nitrogen and oxygen atoms in total. The van der Waals surface area contributed by atoms with Crippen molar-refractivity contribution in [1.82, 2.24) is 4.98 Å². The molecule has 0 saturated carbocycles. The summed E-state index contributed by atoms with van der Waals surface area (Å²) >= 11 is 3.80. The van der Waals surface area contributed by atoms with E-state index in [9.17, 15) is 0 Å². The lowest BCUT2D eigenvalue weighted by Crippen LogP contribution is -2.26. The first-order chi connectivity index (χ1) is 11.9. The lowest BCUT2D eigenvalue weighted by Gasteiger charge is -2.36. The van der Waals surface area contributed by atoms with Gasteiger partial charge in [0.2, 0.25) is 0 Å². The third kappa shape index (κ3) is 3.32. The molecule has 4 heteroatoms. The SMILES string of the molecule is c1ccc(C2(OCc3ccc4ccccc4n3)SCCCS2)cc1. The lowest BCUT2D eigenvalue weighted by molar-refractivity contribution is 0.0719. The van der Waals surface area contributed by atoms with Gasteiger partial charge in [0.25, 0.3) is 0 Å². The van der Waals surface area contributed by atoms with Crippen molar-refractivity contribution in [1.29, 1.82) is 0 Å². The molecule has 3 aromatic rings. The summed E-state index contributed by atoms with van der Waals surface area (Å²) in [7, 11) is 0. The molecule has 122 valence electrons. The van der Waals surface area contributed by atoms with Crippen LogP contribution in [-0.4, -0.2) is 16.5 Å². The second-order valence-corrected chi connectivity index (χ2v) is 8.56. The summed E-state index contributed by atoms with van der Waals surface area (Å²) in [5.74, 6) is 2.26. The number of aromatic nitrogens is 1.